The molecule has 4 nitrogen and oxygen atoms in total. The predicted molar refractivity (Wildman–Crippen MR) is 80.7 cm³/mol. The summed E-state index contributed by atoms with van der Waals surface area (Å²) in [5.41, 5.74) is 0.454. The van der Waals surface area contributed by atoms with Crippen LogP contribution in [0, 0.1) is 0 Å². The highest BCUT2D eigenvalue weighted by atomic mass is 32.2. The summed E-state index contributed by atoms with van der Waals surface area (Å²) in [5, 5.41) is 0. The molecule has 0 aliphatic heterocycles. The molecule has 0 amide bonds. The van der Waals surface area contributed by atoms with Crippen molar-refractivity contribution in [2.45, 2.75) is 18.3 Å². The third-order valence-electron chi connectivity index (χ3n) is 2.81. The first-order valence-electron chi connectivity index (χ1n) is 6.67. The van der Waals surface area contributed by atoms with Gasteiger partial charge in [0, 0.05) is 6.07 Å². The molecule has 0 spiro atoms. The third kappa shape index (κ3) is 5.12. The highest BCUT2D eigenvalue weighted by Crippen LogP contribution is 2.29. The molecule has 0 bridgehead atoms. The van der Waals surface area contributed by atoms with E-state index in [1.807, 2.05) is 0 Å². The second-order valence-corrected chi connectivity index (χ2v) is 6.56. The Kier molecular flexibility index (Phi) is 5.33. The Morgan fingerprint density at radius 2 is 1.71 bits per heavy atom. The maximum atomic E-state index is 12.9. The first-order valence-corrected chi connectivity index (χ1v) is 8.33. The summed E-state index contributed by atoms with van der Waals surface area (Å²) >= 11 is 0. The van der Waals surface area contributed by atoms with E-state index < -0.39 is 28.3 Å². The molecule has 0 atom stereocenters. The number of sulfonamides is 1. The minimum absolute atomic E-state index is 0.0755. The summed E-state index contributed by atoms with van der Waals surface area (Å²) in [6.45, 7) is 0. The Bertz CT molecular complexity index is 782. The smallest absolute Gasteiger partial charge is 0.428 e. The average molecular weight is 363 g/mol. The molecule has 0 heterocycles. The van der Waals surface area contributed by atoms with Crippen LogP contribution in [0.4, 0.5) is 23.2 Å². The van der Waals surface area contributed by atoms with E-state index >= 15 is 0 Å². The molecule has 2 aromatic carbocycles. The van der Waals surface area contributed by atoms with E-state index in [2.05, 4.69) is 9.46 Å². The van der Waals surface area contributed by atoms with Crippen LogP contribution in [0.2, 0.25) is 0 Å². The van der Waals surface area contributed by atoms with Crippen molar-refractivity contribution < 1.29 is 30.7 Å². The monoisotopic (exact) mass is 363 g/mol. The zero-order valence-electron chi connectivity index (χ0n) is 12.1. The number of benzene rings is 2. The lowest BCUT2D eigenvalue weighted by Gasteiger charge is -2.17. The van der Waals surface area contributed by atoms with E-state index in [0.717, 1.165) is 12.1 Å². The first kappa shape index (κ1) is 18.1. The van der Waals surface area contributed by atoms with Crippen LogP contribution in [0.1, 0.15) is 5.56 Å². The van der Waals surface area contributed by atoms with E-state index in [-0.39, 0.29) is 11.4 Å². The molecule has 24 heavy (non-hydrogen) atoms. The van der Waals surface area contributed by atoms with E-state index in [1.54, 1.807) is 30.3 Å². The van der Waals surface area contributed by atoms with Gasteiger partial charge in [-0.15, -0.1) is 0 Å². The molecule has 0 saturated carbocycles. The number of anilines is 1. The molecular formula is C15H13F4NO3S. The minimum Gasteiger partial charge on any atom is -0.428 e. The van der Waals surface area contributed by atoms with Gasteiger partial charge in [-0.2, -0.15) is 17.6 Å². The quantitative estimate of drug-likeness (QED) is 0.760. The molecule has 0 unspecified atom stereocenters. The SMILES string of the molecule is O=S(=O)(Cc1ccccc1)Nc1cccc(OC(F)(F)C(F)F)c1. The Hall–Kier alpha value is -2.29. The summed E-state index contributed by atoms with van der Waals surface area (Å²) < 4.78 is 80.2. The molecule has 0 radical (unpaired) electrons. The summed E-state index contributed by atoms with van der Waals surface area (Å²) in [7, 11) is -3.81. The number of hydrogen-bond donors (Lipinski definition) is 1. The van der Waals surface area contributed by atoms with Gasteiger partial charge in [-0.25, -0.2) is 8.42 Å². The van der Waals surface area contributed by atoms with Gasteiger partial charge in [-0.3, -0.25) is 4.72 Å². The van der Waals surface area contributed by atoms with Crippen LogP contribution in [-0.4, -0.2) is 21.0 Å². The fourth-order valence-electron chi connectivity index (χ4n) is 1.83. The second kappa shape index (κ2) is 7.08. The molecule has 2 rings (SSSR count). The van der Waals surface area contributed by atoms with Crippen LogP contribution < -0.4 is 9.46 Å². The summed E-state index contributed by atoms with van der Waals surface area (Å²) in [6.07, 6.45) is -8.67. The van der Waals surface area contributed by atoms with Gasteiger partial charge in [0.25, 0.3) is 0 Å². The molecule has 0 aliphatic rings. The van der Waals surface area contributed by atoms with Crippen LogP contribution in [0.5, 0.6) is 5.75 Å². The zero-order valence-corrected chi connectivity index (χ0v) is 12.9. The second-order valence-electron chi connectivity index (χ2n) is 4.84. The summed E-state index contributed by atoms with van der Waals surface area (Å²) in [5.74, 6) is -0.910. The van der Waals surface area contributed by atoms with E-state index in [4.69, 9.17) is 0 Å². The van der Waals surface area contributed by atoms with E-state index in [0.29, 0.717) is 5.56 Å². The van der Waals surface area contributed by atoms with Crippen LogP contribution in [0.3, 0.4) is 0 Å². The number of alkyl halides is 4. The number of nitrogens with one attached hydrogen (secondary N) is 1. The maximum Gasteiger partial charge on any atom is 0.461 e. The molecule has 0 aliphatic carbocycles. The molecular weight excluding hydrogens is 350 g/mol. The van der Waals surface area contributed by atoms with Crippen molar-refractivity contribution >= 4 is 15.7 Å². The highest BCUT2D eigenvalue weighted by molar-refractivity contribution is 7.91. The van der Waals surface area contributed by atoms with Crippen molar-refractivity contribution in [3.05, 3.63) is 60.2 Å². The van der Waals surface area contributed by atoms with Gasteiger partial charge in [-0.1, -0.05) is 36.4 Å². The topological polar surface area (TPSA) is 55.4 Å². The van der Waals surface area contributed by atoms with Crippen molar-refractivity contribution in [2.75, 3.05) is 4.72 Å². The van der Waals surface area contributed by atoms with Crippen LogP contribution in [-0.2, 0) is 15.8 Å². The van der Waals surface area contributed by atoms with Crippen molar-refractivity contribution in [2.24, 2.45) is 0 Å². The zero-order chi connectivity index (χ0) is 17.8. The standard InChI is InChI=1S/C15H13F4NO3S/c16-14(17)15(18,19)23-13-8-4-7-12(9-13)20-24(21,22)10-11-5-2-1-3-6-11/h1-9,14,20H,10H2. The van der Waals surface area contributed by atoms with Crippen molar-refractivity contribution in [3.8, 4) is 5.75 Å². The normalized spacial score (nSPS) is 12.2. The Morgan fingerprint density at radius 1 is 1.04 bits per heavy atom. The third-order valence-corrected chi connectivity index (χ3v) is 4.07. The van der Waals surface area contributed by atoms with Gasteiger partial charge < -0.3 is 4.74 Å². The highest BCUT2D eigenvalue weighted by Gasteiger charge is 2.44. The fraction of sp³-hybridized carbons (Fsp3) is 0.200. The average Bonchev–Trinajstić information content (AvgIpc) is 2.46. The molecule has 0 saturated heterocycles. The van der Waals surface area contributed by atoms with Crippen LogP contribution >= 0.6 is 0 Å². The molecule has 130 valence electrons. The number of ether oxygens (including phenoxy) is 1. The molecule has 0 aromatic heterocycles. The fourth-order valence-corrected chi connectivity index (χ4v) is 3.02. The molecule has 0 fully saturated rings. The summed E-state index contributed by atoms with van der Waals surface area (Å²) in [6, 6.07) is 12.7. The summed E-state index contributed by atoms with van der Waals surface area (Å²) in [4.78, 5) is 0. The van der Waals surface area contributed by atoms with Crippen LogP contribution in [0.25, 0.3) is 0 Å². The van der Waals surface area contributed by atoms with Gasteiger partial charge in [0.1, 0.15) is 5.75 Å². The van der Waals surface area contributed by atoms with Gasteiger partial charge >= 0.3 is 12.5 Å². The van der Waals surface area contributed by atoms with E-state index in [1.165, 1.54) is 12.1 Å². The maximum absolute atomic E-state index is 12.9. The van der Waals surface area contributed by atoms with Crippen molar-refractivity contribution in [3.63, 3.8) is 0 Å². The van der Waals surface area contributed by atoms with Gasteiger partial charge in [0.05, 0.1) is 11.4 Å². The minimum atomic E-state index is -4.67. The Labute approximate surface area is 136 Å². The first-order chi connectivity index (χ1) is 11.2. The van der Waals surface area contributed by atoms with Gasteiger partial charge in [-0.05, 0) is 17.7 Å². The lowest BCUT2D eigenvalue weighted by molar-refractivity contribution is -0.253. The predicted octanol–water partition coefficient (Wildman–Crippen LogP) is 3.87. The number of halogens is 4. The number of hydrogen-bond acceptors (Lipinski definition) is 3. The van der Waals surface area contributed by atoms with Crippen molar-refractivity contribution in [1.82, 2.24) is 0 Å². The van der Waals surface area contributed by atoms with Crippen LogP contribution in [0.15, 0.2) is 54.6 Å². The largest absolute Gasteiger partial charge is 0.461 e. The van der Waals surface area contributed by atoms with Crippen molar-refractivity contribution in [1.29, 1.82) is 0 Å². The van der Waals surface area contributed by atoms with Gasteiger partial charge in [0.15, 0.2) is 0 Å². The lowest BCUT2D eigenvalue weighted by Crippen LogP contribution is -2.33. The lowest BCUT2D eigenvalue weighted by atomic mass is 10.2. The van der Waals surface area contributed by atoms with Gasteiger partial charge in [0.2, 0.25) is 10.0 Å². The number of rotatable bonds is 7. The Morgan fingerprint density at radius 3 is 2.33 bits per heavy atom. The molecule has 9 heteroatoms. The molecule has 2 aromatic rings. The van der Waals surface area contributed by atoms with E-state index in [9.17, 15) is 26.0 Å². The Balaban J connectivity index is 2.11. The molecule has 1 N–H and O–H groups in total.